The summed E-state index contributed by atoms with van der Waals surface area (Å²) >= 11 is 1.37. The minimum absolute atomic E-state index is 0.0384. The minimum Gasteiger partial charge on any atom is -0.465 e. The van der Waals surface area contributed by atoms with Gasteiger partial charge in [-0.05, 0) is 63.4 Å². The van der Waals surface area contributed by atoms with Gasteiger partial charge in [0.2, 0.25) is 16.2 Å². The van der Waals surface area contributed by atoms with E-state index in [1.165, 1.54) is 24.6 Å². The monoisotopic (exact) mass is 599 g/mol. The standard InChI is InChI=1S/C29H45N9O3S/c1-19(2)36-12-14-37(15-13-36)24(20-6-9-29(3,4)10-7-20)25(39)32-28-35-34-27(42-28)31-22-8-11-38(18-22)23-16-21(17-30-33-23)26(40)41-5/h16-17,19-20,22,24H,6-15,18H2,1-5H3,(H,31,34)(H,32,35,39)/t22-,24-/m1/s1. The van der Waals surface area contributed by atoms with Crippen molar-refractivity contribution in [2.45, 2.75) is 77.9 Å². The molecule has 0 aromatic carbocycles. The Hall–Kier alpha value is -2.90. The highest BCUT2D eigenvalue weighted by molar-refractivity contribution is 7.19. The van der Waals surface area contributed by atoms with Gasteiger partial charge in [0.25, 0.3) is 0 Å². The van der Waals surface area contributed by atoms with Crippen LogP contribution in [-0.2, 0) is 9.53 Å². The fourth-order valence-electron chi connectivity index (χ4n) is 6.46. The Labute approximate surface area is 252 Å². The molecule has 3 aliphatic rings. The van der Waals surface area contributed by atoms with Crippen molar-refractivity contribution in [1.82, 2.24) is 30.2 Å². The molecule has 4 heterocycles. The van der Waals surface area contributed by atoms with Gasteiger partial charge in [0.15, 0.2) is 5.82 Å². The highest BCUT2D eigenvalue weighted by Crippen LogP contribution is 2.40. The van der Waals surface area contributed by atoms with Gasteiger partial charge in [-0.3, -0.25) is 19.9 Å². The molecule has 1 saturated carbocycles. The van der Waals surface area contributed by atoms with Crippen molar-refractivity contribution in [3.8, 4) is 0 Å². The lowest BCUT2D eigenvalue weighted by Crippen LogP contribution is -2.57. The number of hydrogen-bond donors (Lipinski definition) is 2. The van der Waals surface area contributed by atoms with Crippen molar-refractivity contribution in [2.75, 3.05) is 61.9 Å². The number of hydrogen-bond acceptors (Lipinski definition) is 12. The largest absolute Gasteiger partial charge is 0.465 e. The lowest BCUT2D eigenvalue weighted by molar-refractivity contribution is -0.125. The molecule has 1 aliphatic carbocycles. The molecule has 0 spiro atoms. The van der Waals surface area contributed by atoms with Gasteiger partial charge in [-0.2, -0.15) is 5.10 Å². The number of rotatable bonds is 9. The smallest absolute Gasteiger partial charge is 0.339 e. The normalized spacial score (nSPS) is 22.7. The lowest BCUT2D eigenvalue weighted by atomic mass is 9.70. The van der Waals surface area contributed by atoms with Crippen molar-refractivity contribution in [2.24, 2.45) is 11.3 Å². The zero-order valence-corrected chi connectivity index (χ0v) is 26.3. The van der Waals surface area contributed by atoms with Crippen LogP contribution in [0.15, 0.2) is 12.3 Å². The summed E-state index contributed by atoms with van der Waals surface area (Å²) in [6.45, 7) is 14.4. The van der Waals surface area contributed by atoms with E-state index >= 15 is 0 Å². The Morgan fingerprint density at radius 1 is 1.00 bits per heavy atom. The molecule has 12 nitrogen and oxygen atoms in total. The second-order valence-electron chi connectivity index (χ2n) is 12.9. The number of methoxy groups -OCH3 is 1. The molecule has 2 aromatic rings. The fourth-order valence-corrected chi connectivity index (χ4v) is 7.18. The van der Waals surface area contributed by atoms with E-state index in [1.54, 1.807) is 6.07 Å². The van der Waals surface area contributed by atoms with Gasteiger partial charge in [0, 0.05) is 51.4 Å². The third-order valence-corrected chi connectivity index (χ3v) is 9.90. The summed E-state index contributed by atoms with van der Waals surface area (Å²) < 4.78 is 4.80. The molecule has 2 aromatic heterocycles. The van der Waals surface area contributed by atoms with Crippen LogP contribution in [0, 0.1) is 11.3 Å². The Morgan fingerprint density at radius 2 is 1.69 bits per heavy atom. The van der Waals surface area contributed by atoms with Crippen molar-refractivity contribution in [3.05, 3.63) is 17.8 Å². The molecule has 0 unspecified atom stereocenters. The Balaban J connectivity index is 1.19. The van der Waals surface area contributed by atoms with Gasteiger partial charge < -0.3 is 15.0 Å². The third-order valence-electron chi connectivity index (χ3n) is 9.13. The molecule has 0 radical (unpaired) electrons. The molecule has 1 amide bonds. The number of anilines is 3. The second kappa shape index (κ2) is 13.2. The molecule has 2 aliphatic heterocycles. The summed E-state index contributed by atoms with van der Waals surface area (Å²) in [6, 6.07) is 2.19. The number of ether oxygens (including phenoxy) is 1. The van der Waals surface area contributed by atoms with E-state index in [0.29, 0.717) is 45.6 Å². The average Bonchev–Trinajstić information content (AvgIpc) is 3.63. The predicted molar refractivity (Wildman–Crippen MR) is 164 cm³/mol. The van der Waals surface area contributed by atoms with E-state index in [9.17, 15) is 9.59 Å². The van der Waals surface area contributed by atoms with Gasteiger partial charge in [-0.15, -0.1) is 15.3 Å². The van der Waals surface area contributed by atoms with Crippen LogP contribution < -0.4 is 15.5 Å². The first-order chi connectivity index (χ1) is 20.1. The van der Waals surface area contributed by atoms with Crippen LogP contribution in [0.1, 0.15) is 70.2 Å². The molecule has 5 rings (SSSR count). The molecule has 3 fully saturated rings. The van der Waals surface area contributed by atoms with Crippen molar-refractivity contribution >= 4 is 39.3 Å². The Bertz CT molecular complexity index is 1220. The highest BCUT2D eigenvalue weighted by atomic mass is 32.1. The zero-order chi connectivity index (χ0) is 29.9. The maximum Gasteiger partial charge on any atom is 0.339 e. The van der Waals surface area contributed by atoms with Crippen LogP contribution in [0.4, 0.5) is 16.1 Å². The lowest BCUT2D eigenvalue weighted by Gasteiger charge is -2.45. The van der Waals surface area contributed by atoms with Crippen LogP contribution in [0.5, 0.6) is 0 Å². The maximum atomic E-state index is 13.8. The average molecular weight is 600 g/mol. The van der Waals surface area contributed by atoms with E-state index in [1.807, 2.05) is 0 Å². The van der Waals surface area contributed by atoms with Crippen LogP contribution >= 0.6 is 11.3 Å². The van der Waals surface area contributed by atoms with Crippen LogP contribution in [0.2, 0.25) is 0 Å². The quantitative estimate of drug-likeness (QED) is 0.412. The van der Waals surface area contributed by atoms with E-state index in [0.717, 1.165) is 64.8 Å². The summed E-state index contributed by atoms with van der Waals surface area (Å²) in [7, 11) is 1.35. The van der Waals surface area contributed by atoms with E-state index < -0.39 is 5.97 Å². The summed E-state index contributed by atoms with van der Waals surface area (Å²) in [5, 5.41) is 24.6. The van der Waals surface area contributed by atoms with Gasteiger partial charge >= 0.3 is 5.97 Å². The summed E-state index contributed by atoms with van der Waals surface area (Å²) in [5.74, 6) is 0.588. The summed E-state index contributed by atoms with van der Waals surface area (Å²) in [6.07, 6.45) is 6.72. The predicted octanol–water partition coefficient (Wildman–Crippen LogP) is 3.36. The van der Waals surface area contributed by atoms with Crippen LogP contribution in [0.3, 0.4) is 0 Å². The topological polar surface area (TPSA) is 129 Å². The number of nitrogens with zero attached hydrogens (tertiary/aromatic N) is 7. The van der Waals surface area contributed by atoms with Crippen molar-refractivity contribution in [3.63, 3.8) is 0 Å². The number of carbonyl (C=O) groups excluding carboxylic acids is 2. The van der Waals surface area contributed by atoms with Gasteiger partial charge in [-0.1, -0.05) is 25.2 Å². The molecule has 230 valence electrons. The third kappa shape index (κ3) is 7.35. The molecule has 2 saturated heterocycles. The Morgan fingerprint density at radius 3 is 2.38 bits per heavy atom. The fraction of sp³-hybridized carbons (Fsp3) is 0.724. The van der Waals surface area contributed by atoms with E-state index in [4.69, 9.17) is 4.74 Å². The summed E-state index contributed by atoms with van der Waals surface area (Å²) in [5.41, 5.74) is 0.723. The highest BCUT2D eigenvalue weighted by Gasteiger charge is 2.39. The molecule has 2 atom stereocenters. The Kier molecular flexibility index (Phi) is 9.58. The van der Waals surface area contributed by atoms with Gasteiger partial charge in [0.1, 0.15) is 0 Å². The number of aromatic nitrogens is 4. The molecule has 42 heavy (non-hydrogen) atoms. The zero-order valence-electron chi connectivity index (χ0n) is 25.5. The van der Waals surface area contributed by atoms with E-state index in [2.05, 4.69) is 73.4 Å². The van der Waals surface area contributed by atoms with Crippen LogP contribution in [-0.4, -0.2) is 107 Å². The summed E-state index contributed by atoms with van der Waals surface area (Å²) in [4.78, 5) is 32.7. The first-order valence-corrected chi connectivity index (χ1v) is 16.0. The van der Waals surface area contributed by atoms with Crippen molar-refractivity contribution in [1.29, 1.82) is 0 Å². The number of amides is 1. The van der Waals surface area contributed by atoms with Crippen LogP contribution in [0.25, 0.3) is 0 Å². The molecule has 2 N–H and O–H groups in total. The number of piperazine rings is 1. The van der Waals surface area contributed by atoms with Gasteiger partial charge in [0.05, 0.1) is 24.9 Å². The minimum atomic E-state index is -0.434. The maximum absolute atomic E-state index is 13.8. The van der Waals surface area contributed by atoms with E-state index in [-0.39, 0.29) is 18.0 Å². The SMILES string of the molecule is COC(=O)c1cnnc(N2CC[C@@H](Nc3nnc(NC(=O)[C@@H](C4CCC(C)(C)CC4)N4CCN(C(C)C)CC4)s3)C2)c1. The molecule has 0 bridgehead atoms. The van der Waals surface area contributed by atoms with Crippen molar-refractivity contribution < 1.29 is 14.3 Å². The van der Waals surface area contributed by atoms with Gasteiger partial charge in [-0.25, -0.2) is 4.79 Å². The first kappa shape index (κ1) is 30.6. The molecule has 13 heteroatoms. The number of carbonyl (C=O) groups is 2. The number of esters is 1. The number of nitrogens with one attached hydrogen (secondary N) is 2. The second-order valence-corrected chi connectivity index (χ2v) is 13.9. The first-order valence-electron chi connectivity index (χ1n) is 15.2. The molecular formula is C29H45N9O3S. The molecular weight excluding hydrogens is 554 g/mol.